The van der Waals surface area contributed by atoms with Crippen LogP contribution in [-0.4, -0.2) is 51.9 Å². The third-order valence-electron chi connectivity index (χ3n) is 6.23. The maximum Gasteiger partial charge on any atom is 0.237 e. The molecule has 33 heavy (non-hydrogen) atoms. The van der Waals surface area contributed by atoms with Gasteiger partial charge in [-0.05, 0) is 18.1 Å². The summed E-state index contributed by atoms with van der Waals surface area (Å²) in [6.45, 7) is 5.14. The first kappa shape index (κ1) is 22.7. The van der Waals surface area contributed by atoms with Crippen LogP contribution in [0, 0.1) is 0 Å². The van der Waals surface area contributed by atoms with Crippen molar-refractivity contribution in [2.24, 2.45) is 0 Å². The lowest BCUT2D eigenvalue weighted by molar-refractivity contribution is -0.134. The highest BCUT2D eigenvalue weighted by molar-refractivity contribution is 5.88. The molecule has 2 amide bonds. The molecule has 0 radical (unpaired) electrons. The Kier molecular flexibility index (Phi) is 7.52. The summed E-state index contributed by atoms with van der Waals surface area (Å²) in [7, 11) is 0. The van der Waals surface area contributed by atoms with Crippen LogP contribution in [0.4, 0.5) is 0 Å². The summed E-state index contributed by atoms with van der Waals surface area (Å²) in [5.41, 5.74) is 2.40. The number of benzene rings is 2. The molecule has 7 nitrogen and oxygen atoms in total. The average molecular weight is 446 g/mol. The van der Waals surface area contributed by atoms with Gasteiger partial charge in [0.15, 0.2) is 0 Å². The predicted molar refractivity (Wildman–Crippen MR) is 127 cm³/mol. The van der Waals surface area contributed by atoms with Gasteiger partial charge in [0.25, 0.3) is 0 Å². The fourth-order valence-electron chi connectivity index (χ4n) is 4.43. The van der Waals surface area contributed by atoms with Gasteiger partial charge in [0.1, 0.15) is 5.82 Å². The van der Waals surface area contributed by atoms with E-state index in [1.54, 1.807) is 6.20 Å². The molecule has 0 saturated carbocycles. The molecule has 0 unspecified atom stereocenters. The van der Waals surface area contributed by atoms with Crippen LogP contribution in [0.15, 0.2) is 73.1 Å². The molecule has 1 atom stereocenters. The van der Waals surface area contributed by atoms with E-state index in [2.05, 4.69) is 44.8 Å². The highest BCUT2D eigenvalue weighted by Crippen LogP contribution is 2.27. The lowest BCUT2D eigenvalue weighted by Gasteiger charge is -2.37. The largest absolute Gasteiger partial charge is 0.353 e. The third kappa shape index (κ3) is 5.68. The van der Waals surface area contributed by atoms with E-state index in [4.69, 9.17) is 0 Å². The Balaban J connectivity index is 1.47. The molecular formula is C26H31N5O2. The number of aromatic nitrogens is 2. The molecule has 3 aromatic rings. The quantitative estimate of drug-likeness (QED) is 0.531. The van der Waals surface area contributed by atoms with E-state index < -0.39 is 6.04 Å². The first-order valence-corrected chi connectivity index (χ1v) is 11.5. The summed E-state index contributed by atoms with van der Waals surface area (Å²) in [4.78, 5) is 32.0. The Labute approximate surface area is 194 Å². The lowest BCUT2D eigenvalue weighted by atomic mass is 9.90. The molecule has 0 aliphatic carbocycles. The lowest BCUT2D eigenvalue weighted by Crippen LogP contribution is -2.57. The molecule has 1 saturated heterocycles. The second kappa shape index (κ2) is 10.9. The van der Waals surface area contributed by atoms with Crippen molar-refractivity contribution in [3.05, 3.63) is 90.0 Å². The minimum Gasteiger partial charge on any atom is -0.353 e. The summed E-state index contributed by atoms with van der Waals surface area (Å²) in [5, 5.41) is 5.87. The third-order valence-corrected chi connectivity index (χ3v) is 6.23. The Morgan fingerprint density at radius 2 is 1.79 bits per heavy atom. The van der Waals surface area contributed by atoms with Crippen molar-refractivity contribution < 1.29 is 9.59 Å². The van der Waals surface area contributed by atoms with Crippen molar-refractivity contribution in [2.75, 3.05) is 19.6 Å². The first-order chi connectivity index (χ1) is 16.2. The normalized spacial score (nSPS) is 16.5. The maximum atomic E-state index is 12.8. The zero-order valence-electron chi connectivity index (χ0n) is 19.0. The molecule has 4 rings (SSSR count). The number of nitrogens with one attached hydrogen (secondary N) is 2. The van der Waals surface area contributed by atoms with Gasteiger partial charge >= 0.3 is 0 Å². The van der Waals surface area contributed by atoms with Crippen LogP contribution in [0.2, 0.25) is 0 Å². The van der Waals surface area contributed by atoms with E-state index >= 15 is 0 Å². The fraction of sp³-hybridized carbons (Fsp3) is 0.346. The van der Waals surface area contributed by atoms with Crippen LogP contribution in [0.3, 0.4) is 0 Å². The number of hydrogen-bond donors (Lipinski definition) is 2. The molecule has 2 heterocycles. The van der Waals surface area contributed by atoms with Crippen LogP contribution in [0.5, 0.6) is 0 Å². The van der Waals surface area contributed by atoms with E-state index in [1.807, 2.05) is 54.1 Å². The summed E-state index contributed by atoms with van der Waals surface area (Å²) >= 11 is 0. The SMILES string of the molecule is CCn1ccnc1CNC(=O)C[C@H]1C(=O)NCCN1CC(c1ccccc1)c1ccccc1. The summed E-state index contributed by atoms with van der Waals surface area (Å²) in [5.74, 6) is 0.680. The van der Waals surface area contributed by atoms with Gasteiger partial charge in [-0.1, -0.05) is 60.7 Å². The summed E-state index contributed by atoms with van der Waals surface area (Å²) < 4.78 is 1.99. The number of piperazine rings is 1. The summed E-state index contributed by atoms with van der Waals surface area (Å²) in [6.07, 6.45) is 3.74. The van der Waals surface area contributed by atoms with Crippen molar-refractivity contribution >= 4 is 11.8 Å². The highest BCUT2D eigenvalue weighted by atomic mass is 16.2. The topological polar surface area (TPSA) is 79.3 Å². The minimum atomic E-state index is -0.500. The molecule has 2 aromatic carbocycles. The Morgan fingerprint density at radius 1 is 1.12 bits per heavy atom. The van der Waals surface area contributed by atoms with E-state index in [0.29, 0.717) is 26.2 Å². The van der Waals surface area contributed by atoms with E-state index in [1.165, 1.54) is 11.1 Å². The fourth-order valence-corrected chi connectivity index (χ4v) is 4.43. The van der Waals surface area contributed by atoms with Gasteiger partial charge < -0.3 is 15.2 Å². The van der Waals surface area contributed by atoms with Gasteiger partial charge in [-0.25, -0.2) is 4.98 Å². The van der Waals surface area contributed by atoms with E-state index in [0.717, 1.165) is 12.4 Å². The van der Waals surface area contributed by atoms with Crippen LogP contribution in [0.25, 0.3) is 0 Å². The Morgan fingerprint density at radius 3 is 2.42 bits per heavy atom. The Bertz CT molecular complexity index is 1010. The smallest absolute Gasteiger partial charge is 0.237 e. The van der Waals surface area contributed by atoms with E-state index in [-0.39, 0.29) is 24.2 Å². The van der Waals surface area contributed by atoms with Gasteiger partial charge in [0.2, 0.25) is 11.8 Å². The zero-order valence-corrected chi connectivity index (χ0v) is 19.0. The molecular weight excluding hydrogens is 414 g/mol. The van der Waals surface area contributed by atoms with Gasteiger partial charge in [0.05, 0.1) is 19.0 Å². The number of carbonyl (C=O) groups excluding carboxylic acids is 2. The van der Waals surface area contributed by atoms with Gasteiger partial charge in [0, 0.05) is 44.5 Å². The number of amides is 2. The molecule has 1 aliphatic rings. The predicted octanol–water partition coefficient (Wildman–Crippen LogP) is 2.54. The maximum absolute atomic E-state index is 12.8. The van der Waals surface area contributed by atoms with Gasteiger partial charge in [-0.2, -0.15) is 0 Å². The molecule has 7 heteroatoms. The molecule has 0 bridgehead atoms. The number of hydrogen-bond acceptors (Lipinski definition) is 4. The highest BCUT2D eigenvalue weighted by Gasteiger charge is 2.33. The molecule has 1 aliphatic heterocycles. The number of aryl methyl sites for hydroxylation is 1. The molecule has 1 fully saturated rings. The zero-order chi connectivity index (χ0) is 23.0. The minimum absolute atomic E-state index is 0.0914. The second-order valence-electron chi connectivity index (χ2n) is 8.29. The molecule has 0 spiro atoms. The van der Waals surface area contributed by atoms with Crippen molar-refractivity contribution in [3.63, 3.8) is 0 Å². The number of carbonyl (C=O) groups is 2. The van der Waals surface area contributed by atoms with Crippen LogP contribution in [0.1, 0.15) is 36.2 Å². The molecule has 2 N–H and O–H groups in total. The second-order valence-corrected chi connectivity index (χ2v) is 8.29. The van der Waals surface area contributed by atoms with Crippen LogP contribution in [-0.2, 0) is 22.7 Å². The average Bonchev–Trinajstić information content (AvgIpc) is 3.32. The van der Waals surface area contributed by atoms with E-state index in [9.17, 15) is 9.59 Å². The summed E-state index contributed by atoms with van der Waals surface area (Å²) in [6, 6.07) is 20.2. The van der Waals surface area contributed by atoms with Gasteiger partial charge in [-0.15, -0.1) is 0 Å². The van der Waals surface area contributed by atoms with Crippen molar-refractivity contribution in [3.8, 4) is 0 Å². The van der Waals surface area contributed by atoms with Gasteiger partial charge in [-0.3, -0.25) is 14.5 Å². The number of imidazole rings is 1. The van der Waals surface area contributed by atoms with Crippen molar-refractivity contribution in [1.29, 1.82) is 0 Å². The number of nitrogens with zero attached hydrogens (tertiary/aromatic N) is 3. The first-order valence-electron chi connectivity index (χ1n) is 11.5. The molecule has 172 valence electrons. The monoisotopic (exact) mass is 445 g/mol. The van der Waals surface area contributed by atoms with Crippen LogP contribution >= 0.6 is 0 Å². The Hall–Kier alpha value is -3.45. The van der Waals surface area contributed by atoms with Crippen molar-refractivity contribution in [2.45, 2.75) is 38.4 Å². The van der Waals surface area contributed by atoms with Crippen LogP contribution < -0.4 is 10.6 Å². The standard InChI is InChI=1S/C26H31N5O2/c1-2-30-15-13-27-24(30)18-29-25(32)17-23-26(33)28-14-16-31(23)19-22(20-9-5-3-6-10-20)21-11-7-4-8-12-21/h3-13,15,22-23H,2,14,16-19H2,1H3,(H,28,33)(H,29,32)/t23-/m0/s1. The number of rotatable bonds is 9. The molecule has 1 aromatic heterocycles. The van der Waals surface area contributed by atoms with Crippen molar-refractivity contribution in [1.82, 2.24) is 25.1 Å².